The fourth-order valence-corrected chi connectivity index (χ4v) is 2.56. The van der Waals surface area contributed by atoms with Crippen molar-refractivity contribution < 1.29 is 4.79 Å². The summed E-state index contributed by atoms with van der Waals surface area (Å²) in [6.45, 7) is 3.89. The van der Waals surface area contributed by atoms with Gasteiger partial charge in [0, 0.05) is 4.88 Å². The van der Waals surface area contributed by atoms with Gasteiger partial charge >= 0.3 is 0 Å². The smallest absolute Gasteiger partial charge is 0.267 e. The summed E-state index contributed by atoms with van der Waals surface area (Å²) in [5.41, 5.74) is 3.71. The Balaban J connectivity index is 2.10. The van der Waals surface area contributed by atoms with Crippen molar-refractivity contribution in [3.05, 3.63) is 56.7 Å². The lowest BCUT2D eigenvalue weighted by Crippen LogP contribution is -2.19. The minimum atomic E-state index is -0.307. The first kappa shape index (κ1) is 13.8. The Labute approximate surface area is 120 Å². The van der Waals surface area contributed by atoms with E-state index in [0.717, 1.165) is 10.6 Å². The van der Waals surface area contributed by atoms with E-state index in [2.05, 4.69) is 10.5 Å². The maximum absolute atomic E-state index is 11.9. The maximum atomic E-state index is 11.9. The monoisotopic (exact) mass is 292 g/mol. The molecular formula is C14H13ClN2OS. The number of hydrazone groups is 1. The highest BCUT2D eigenvalue weighted by atomic mass is 35.5. The minimum absolute atomic E-state index is 0.307. The van der Waals surface area contributed by atoms with Crippen LogP contribution in [0.3, 0.4) is 0 Å². The Kier molecular flexibility index (Phi) is 4.35. The van der Waals surface area contributed by atoms with Crippen molar-refractivity contribution in [3.8, 4) is 0 Å². The van der Waals surface area contributed by atoms with Gasteiger partial charge in [-0.2, -0.15) is 5.10 Å². The predicted octanol–water partition coefficient (Wildman–Crippen LogP) is 3.86. The van der Waals surface area contributed by atoms with E-state index < -0.39 is 0 Å². The van der Waals surface area contributed by atoms with E-state index in [1.165, 1.54) is 4.88 Å². The van der Waals surface area contributed by atoms with Gasteiger partial charge in [-0.05, 0) is 38.1 Å². The molecule has 98 valence electrons. The summed E-state index contributed by atoms with van der Waals surface area (Å²) >= 11 is 7.59. The van der Waals surface area contributed by atoms with Gasteiger partial charge in [-0.25, -0.2) is 5.43 Å². The summed E-state index contributed by atoms with van der Waals surface area (Å²) in [6.07, 6.45) is 0. The number of nitrogens with one attached hydrogen (secondary N) is 1. The molecule has 0 radical (unpaired) electrons. The van der Waals surface area contributed by atoms with Gasteiger partial charge in [0.1, 0.15) is 0 Å². The number of benzene rings is 1. The number of hydrogen-bond donors (Lipinski definition) is 1. The number of hydrogen-bond acceptors (Lipinski definition) is 3. The van der Waals surface area contributed by atoms with Crippen LogP contribution in [0.25, 0.3) is 0 Å². The Bertz CT molecular complexity index is 634. The Morgan fingerprint density at radius 1 is 1.26 bits per heavy atom. The Morgan fingerprint density at radius 2 is 2.00 bits per heavy atom. The van der Waals surface area contributed by atoms with Crippen LogP contribution in [0.1, 0.15) is 27.0 Å². The van der Waals surface area contributed by atoms with E-state index in [0.29, 0.717) is 10.6 Å². The fraction of sp³-hybridized carbons (Fsp3) is 0.143. The van der Waals surface area contributed by atoms with Crippen LogP contribution < -0.4 is 5.43 Å². The topological polar surface area (TPSA) is 41.5 Å². The van der Waals surface area contributed by atoms with Gasteiger partial charge < -0.3 is 0 Å². The van der Waals surface area contributed by atoms with Gasteiger partial charge in [-0.1, -0.05) is 23.7 Å². The van der Waals surface area contributed by atoms with Gasteiger partial charge in [0.2, 0.25) is 0 Å². The number of carbonyl (C=O) groups is 1. The number of halogens is 1. The van der Waals surface area contributed by atoms with Crippen LogP contribution >= 0.6 is 22.9 Å². The standard InChI is InChI=1S/C14H13ClN2OS/c1-9-7-8-13(19-9)10(2)16-17-14(18)11-5-3-4-6-12(11)15/h3-8H,1-2H3,(H,17,18)/b16-10+. The van der Waals surface area contributed by atoms with Crippen molar-refractivity contribution in [3.63, 3.8) is 0 Å². The second-order valence-electron chi connectivity index (χ2n) is 4.03. The number of nitrogens with zero attached hydrogens (tertiary/aromatic N) is 1. The van der Waals surface area contributed by atoms with Crippen molar-refractivity contribution in [2.45, 2.75) is 13.8 Å². The van der Waals surface area contributed by atoms with E-state index in [-0.39, 0.29) is 5.91 Å². The zero-order valence-corrected chi connectivity index (χ0v) is 12.2. The van der Waals surface area contributed by atoms with Crippen LogP contribution in [0.2, 0.25) is 5.02 Å². The van der Waals surface area contributed by atoms with E-state index >= 15 is 0 Å². The van der Waals surface area contributed by atoms with Crippen LogP contribution in [-0.4, -0.2) is 11.6 Å². The summed E-state index contributed by atoms with van der Waals surface area (Å²) in [4.78, 5) is 14.2. The highest BCUT2D eigenvalue weighted by Gasteiger charge is 2.09. The number of rotatable bonds is 3. The van der Waals surface area contributed by atoms with Gasteiger partial charge in [0.05, 0.1) is 21.2 Å². The summed E-state index contributed by atoms with van der Waals surface area (Å²) < 4.78 is 0. The third-order valence-electron chi connectivity index (χ3n) is 2.54. The first-order valence-electron chi connectivity index (χ1n) is 5.74. The van der Waals surface area contributed by atoms with Gasteiger partial charge in [-0.3, -0.25) is 4.79 Å². The molecule has 0 aliphatic rings. The molecule has 1 aromatic heterocycles. The summed E-state index contributed by atoms with van der Waals surface area (Å²) in [5, 5.41) is 4.51. The average molecular weight is 293 g/mol. The number of thiophene rings is 1. The second-order valence-corrected chi connectivity index (χ2v) is 5.72. The molecule has 0 bridgehead atoms. The molecule has 1 aromatic carbocycles. The average Bonchev–Trinajstić information content (AvgIpc) is 2.83. The first-order chi connectivity index (χ1) is 9.08. The molecule has 0 atom stereocenters. The zero-order valence-electron chi connectivity index (χ0n) is 10.6. The lowest BCUT2D eigenvalue weighted by Gasteiger charge is -2.03. The first-order valence-corrected chi connectivity index (χ1v) is 6.93. The molecule has 5 heteroatoms. The third kappa shape index (κ3) is 3.43. The minimum Gasteiger partial charge on any atom is -0.267 e. The molecule has 2 rings (SSSR count). The van der Waals surface area contributed by atoms with Crippen LogP contribution in [0.15, 0.2) is 41.5 Å². The van der Waals surface area contributed by atoms with Gasteiger partial charge in [0.15, 0.2) is 0 Å². The zero-order chi connectivity index (χ0) is 13.8. The lowest BCUT2D eigenvalue weighted by atomic mass is 10.2. The Morgan fingerprint density at radius 3 is 2.63 bits per heavy atom. The van der Waals surface area contributed by atoms with Crippen LogP contribution in [0.5, 0.6) is 0 Å². The molecule has 3 nitrogen and oxygen atoms in total. The third-order valence-corrected chi connectivity index (χ3v) is 3.98. The van der Waals surface area contributed by atoms with E-state index in [9.17, 15) is 4.79 Å². The highest BCUT2D eigenvalue weighted by molar-refractivity contribution is 7.14. The summed E-state index contributed by atoms with van der Waals surface area (Å²) in [5.74, 6) is -0.307. The van der Waals surface area contributed by atoms with Crippen LogP contribution in [0, 0.1) is 6.92 Å². The summed E-state index contributed by atoms with van der Waals surface area (Å²) in [6, 6.07) is 10.9. The molecule has 0 aliphatic heterocycles. The molecule has 0 unspecified atom stereocenters. The van der Waals surface area contributed by atoms with Gasteiger partial charge in [0.25, 0.3) is 5.91 Å². The quantitative estimate of drug-likeness (QED) is 0.677. The number of aryl methyl sites for hydroxylation is 1. The fourth-order valence-electron chi connectivity index (χ4n) is 1.52. The molecule has 2 aromatic rings. The molecule has 0 fully saturated rings. The molecular weight excluding hydrogens is 280 g/mol. The Hall–Kier alpha value is -1.65. The van der Waals surface area contributed by atoms with Crippen molar-refractivity contribution >= 4 is 34.6 Å². The highest BCUT2D eigenvalue weighted by Crippen LogP contribution is 2.16. The van der Waals surface area contributed by atoms with Crippen molar-refractivity contribution in [2.24, 2.45) is 5.10 Å². The van der Waals surface area contributed by atoms with Crippen LogP contribution in [-0.2, 0) is 0 Å². The maximum Gasteiger partial charge on any atom is 0.272 e. The summed E-state index contributed by atoms with van der Waals surface area (Å²) in [7, 11) is 0. The van der Waals surface area contributed by atoms with E-state index in [1.807, 2.05) is 26.0 Å². The van der Waals surface area contributed by atoms with Crippen molar-refractivity contribution in [1.82, 2.24) is 5.43 Å². The predicted molar refractivity (Wildman–Crippen MR) is 80.2 cm³/mol. The molecule has 0 saturated carbocycles. The molecule has 1 heterocycles. The lowest BCUT2D eigenvalue weighted by molar-refractivity contribution is 0.0955. The van der Waals surface area contributed by atoms with Crippen LogP contribution in [0.4, 0.5) is 0 Å². The molecule has 0 spiro atoms. The SMILES string of the molecule is C/C(=N\NC(=O)c1ccccc1Cl)c1ccc(C)s1. The number of carbonyl (C=O) groups excluding carboxylic acids is 1. The number of amides is 1. The molecule has 1 N–H and O–H groups in total. The van der Waals surface area contributed by atoms with Crippen molar-refractivity contribution in [1.29, 1.82) is 0 Å². The second kappa shape index (κ2) is 5.99. The normalized spacial score (nSPS) is 11.4. The molecule has 0 saturated heterocycles. The molecule has 1 amide bonds. The van der Waals surface area contributed by atoms with E-state index in [1.54, 1.807) is 35.6 Å². The van der Waals surface area contributed by atoms with Gasteiger partial charge in [-0.15, -0.1) is 11.3 Å². The largest absolute Gasteiger partial charge is 0.272 e. The molecule has 0 aliphatic carbocycles. The van der Waals surface area contributed by atoms with Crippen molar-refractivity contribution in [2.75, 3.05) is 0 Å². The molecule has 19 heavy (non-hydrogen) atoms. The van der Waals surface area contributed by atoms with E-state index in [4.69, 9.17) is 11.6 Å².